The fraction of sp³-hybridized carbons (Fsp3) is 0. The van der Waals surface area contributed by atoms with Crippen molar-refractivity contribution in [2.45, 2.75) is 0 Å². The Morgan fingerprint density at radius 2 is 2.29 bits per heavy atom. The second kappa shape index (κ2) is 4.14. The van der Waals surface area contributed by atoms with Crippen LogP contribution in [0.5, 0.6) is 0 Å². The van der Waals surface area contributed by atoms with Gasteiger partial charge in [-0.2, -0.15) is 9.65 Å². The predicted octanol–water partition coefficient (Wildman–Crippen LogP) is 2.27. The van der Waals surface area contributed by atoms with Crippen LogP contribution >= 0.6 is 0 Å². The SMILES string of the molecule is N#C/C=C/c1ccc([N+](=O)[O-])c(F)c1. The summed E-state index contributed by atoms with van der Waals surface area (Å²) in [5, 5.41) is 18.4. The summed E-state index contributed by atoms with van der Waals surface area (Å²) in [6.45, 7) is 0. The third kappa shape index (κ3) is 2.14. The average Bonchev–Trinajstić information content (AvgIpc) is 2.14. The lowest BCUT2D eigenvalue weighted by Gasteiger charge is -1.94. The van der Waals surface area contributed by atoms with Gasteiger partial charge in [-0.25, -0.2) is 0 Å². The van der Waals surface area contributed by atoms with Crippen LogP contribution in [0.4, 0.5) is 10.1 Å². The van der Waals surface area contributed by atoms with Crippen molar-refractivity contribution in [3.8, 4) is 6.07 Å². The number of halogens is 1. The molecule has 0 saturated heterocycles. The minimum absolute atomic E-state index is 0.412. The molecule has 0 atom stereocenters. The number of nitro groups is 1. The Bertz CT molecular complexity index is 435. The molecule has 0 fully saturated rings. The van der Waals surface area contributed by atoms with E-state index in [4.69, 9.17) is 5.26 Å². The van der Waals surface area contributed by atoms with Crippen molar-refractivity contribution in [1.29, 1.82) is 5.26 Å². The van der Waals surface area contributed by atoms with E-state index in [9.17, 15) is 14.5 Å². The van der Waals surface area contributed by atoms with Crippen LogP contribution in [0.2, 0.25) is 0 Å². The van der Waals surface area contributed by atoms with Crippen molar-refractivity contribution in [2.75, 3.05) is 0 Å². The highest BCUT2D eigenvalue weighted by molar-refractivity contribution is 5.54. The number of hydrogen-bond donors (Lipinski definition) is 0. The van der Waals surface area contributed by atoms with E-state index in [-0.39, 0.29) is 0 Å². The molecule has 0 unspecified atom stereocenters. The molecule has 0 aliphatic carbocycles. The second-order valence-corrected chi connectivity index (χ2v) is 2.43. The van der Waals surface area contributed by atoms with Crippen LogP contribution in [0.1, 0.15) is 5.56 Å². The van der Waals surface area contributed by atoms with Gasteiger partial charge in [0.25, 0.3) is 0 Å². The van der Waals surface area contributed by atoms with Gasteiger partial charge in [0.05, 0.1) is 11.0 Å². The van der Waals surface area contributed by atoms with Crippen LogP contribution in [-0.4, -0.2) is 4.92 Å². The van der Waals surface area contributed by atoms with Crippen molar-refractivity contribution >= 4 is 11.8 Å². The highest BCUT2D eigenvalue weighted by Gasteiger charge is 2.12. The zero-order valence-electron chi connectivity index (χ0n) is 6.98. The van der Waals surface area contributed by atoms with Gasteiger partial charge in [-0.1, -0.05) is 0 Å². The summed E-state index contributed by atoms with van der Waals surface area (Å²) in [6, 6.07) is 5.17. The number of nitrogens with zero attached hydrogens (tertiary/aromatic N) is 2. The fourth-order valence-corrected chi connectivity index (χ4v) is 0.908. The molecule has 1 aromatic rings. The molecular formula is C9H5FN2O2. The molecule has 0 bridgehead atoms. The lowest BCUT2D eigenvalue weighted by Crippen LogP contribution is -1.92. The monoisotopic (exact) mass is 192 g/mol. The summed E-state index contributed by atoms with van der Waals surface area (Å²) < 4.78 is 13.0. The highest BCUT2D eigenvalue weighted by Crippen LogP contribution is 2.18. The van der Waals surface area contributed by atoms with Gasteiger partial charge >= 0.3 is 5.69 Å². The Labute approximate surface area is 79.0 Å². The lowest BCUT2D eigenvalue weighted by molar-refractivity contribution is -0.387. The van der Waals surface area contributed by atoms with Crippen LogP contribution in [0.25, 0.3) is 6.08 Å². The van der Waals surface area contributed by atoms with Crippen molar-refractivity contribution in [2.24, 2.45) is 0 Å². The molecule has 0 aliphatic rings. The standard InChI is InChI=1S/C9H5FN2O2/c10-8-6-7(2-1-5-11)3-4-9(8)12(13)14/h1-4,6H/b2-1+. The van der Waals surface area contributed by atoms with E-state index in [1.807, 2.05) is 0 Å². The Morgan fingerprint density at radius 3 is 2.79 bits per heavy atom. The Balaban J connectivity index is 3.08. The third-order valence-corrected chi connectivity index (χ3v) is 1.52. The molecule has 0 aromatic heterocycles. The number of nitro benzene ring substituents is 1. The van der Waals surface area contributed by atoms with Crippen LogP contribution in [0, 0.1) is 27.3 Å². The molecule has 0 amide bonds. The van der Waals surface area contributed by atoms with Gasteiger partial charge in [-0.3, -0.25) is 10.1 Å². The molecule has 1 aromatic carbocycles. The van der Waals surface area contributed by atoms with Gasteiger partial charge in [-0.05, 0) is 23.8 Å². The molecule has 0 spiro atoms. The van der Waals surface area contributed by atoms with Crippen molar-refractivity contribution < 1.29 is 9.31 Å². The summed E-state index contributed by atoms with van der Waals surface area (Å²) in [5.41, 5.74) is -0.159. The maximum absolute atomic E-state index is 13.0. The van der Waals surface area contributed by atoms with Crippen LogP contribution in [-0.2, 0) is 0 Å². The molecule has 4 nitrogen and oxygen atoms in total. The van der Waals surface area contributed by atoms with Gasteiger partial charge in [0.1, 0.15) is 0 Å². The van der Waals surface area contributed by atoms with Gasteiger partial charge in [-0.15, -0.1) is 0 Å². The number of hydrogen-bond acceptors (Lipinski definition) is 3. The first-order chi connectivity index (χ1) is 6.65. The van der Waals surface area contributed by atoms with Crippen LogP contribution in [0.3, 0.4) is 0 Å². The van der Waals surface area contributed by atoms with E-state index in [1.165, 1.54) is 18.2 Å². The topological polar surface area (TPSA) is 66.9 Å². The lowest BCUT2D eigenvalue weighted by atomic mass is 10.2. The average molecular weight is 192 g/mol. The quantitative estimate of drug-likeness (QED) is 0.410. The molecule has 0 saturated carbocycles. The number of rotatable bonds is 2. The first-order valence-electron chi connectivity index (χ1n) is 3.65. The molecule has 0 aliphatic heterocycles. The summed E-state index contributed by atoms with van der Waals surface area (Å²) >= 11 is 0. The van der Waals surface area contributed by atoms with Gasteiger partial charge in [0.2, 0.25) is 5.82 Å². The smallest absolute Gasteiger partial charge is 0.258 e. The number of nitriles is 1. The Kier molecular flexibility index (Phi) is 2.92. The molecule has 5 heteroatoms. The minimum Gasteiger partial charge on any atom is -0.258 e. The minimum atomic E-state index is -0.907. The molecule has 14 heavy (non-hydrogen) atoms. The number of benzene rings is 1. The zero-order chi connectivity index (χ0) is 10.6. The van der Waals surface area contributed by atoms with Gasteiger partial charge < -0.3 is 0 Å². The normalized spacial score (nSPS) is 10.0. The molecule has 1 rings (SSSR count). The van der Waals surface area contributed by atoms with E-state index in [2.05, 4.69) is 0 Å². The van der Waals surface area contributed by atoms with Crippen LogP contribution in [0.15, 0.2) is 24.3 Å². The van der Waals surface area contributed by atoms with Crippen molar-refractivity contribution in [1.82, 2.24) is 0 Å². The van der Waals surface area contributed by atoms with E-state index in [0.717, 1.165) is 12.1 Å². The van der Waals surface area contributed by atoms with Gasteiger partial charge in [0, 0.05) is 12.1 Å². The van der Waals surface area contributed by atoms with E-state index in [0.29, 0.717) is 5.56 Å². The molecular weight excluding hydrogens is 187 g/mol. The summed E-state index contributed by atoms with van der Waals surface area (Å²) in [4.78, 5) is 9.44. The maximum atomic E-state index is 13.0. The predicted molar refractivity (Wildman–Crippen MR) is 47.7 cm³/mol. The summed E-state index contributed by atoms with van der Waals surface area (Å²) in [5.74, 6) is -0.907. The van der Waals surface area contributed by atoms with Crippen LogP contribution < -0.4 is 0 Å². The van der Waals surface area contributed by atoms with E-state index in [1.54, 1.807) is 6.07 Å². The zero-order valence-corrected chi connectivity index (χ0v) is 6.98. The molecule has 0 heterocycles. The fourth-order valence-electron chi connectivity index (χ4n) is 0.908. The maximum Gasteiger partial charge on any atom is 0.304 e. The van der Waals surface area contributed by atoms with Crippen molar-refractivity contribution in [3.63, 3.8) is 0 Å². The Morgan fingerprint density at radius 1 is 1.57 bits per heavy atom. The molecule has 0 radical (unpaired) electrons. The largest absolute Gasteiger partial charge is 0.304 e. The van der Waals surface area contributed by atoms with Crippen molar-refractivity contribution in [3.05, 3.63) is 45.8 Å². The Hall–Kier alpha value is -2.22. The summed E-state index contributed by atoms with van der Waals surface area (Å²) in [6.07, 6.45) is 2.54. The first kappa shape index (κ1) is 9.86. The van der Waals surface area contributed by atoms with Gasteiger partial charge in [0.15, 0.2) is 0 Å². The van der Waals surface area contributed by atoms with E-state index >= 15 is 0 Å². The first-order valence-corrected chi connectivity index (χ1v) is 3.65. The van der Waals surface area contributed by atoms with E-state index < -0.39 is 16.4 Å². The number of allylic oxidation sites excluding steroid dienone is 1. The highest BCUT2D eigenvalue weighted by atomic mass is 19.1. The molecule has 70 valence electrons. The third-order valence-electron chi connectivity index (χ3n) is 1.52. The summed E-state index contributed by atoms with van der Waals surface area (Å²) in [7, 11) is 0. The molecule has 0 N–H and O–H groups in total. The second-order valence-electron chi connectivity index (χ2n) is 2.43.